The summed E-state index contributed by atoms with van der Waals surface area (Å²) >= 11 is 6.19. The van der Waals surface area contributed by atoms with Crippen molar-refractivity contribution in [3.05, 3.63) is 47.7 Å². The first-order valence-electron chi connectivity index (χ1n) is 6.55. The number of nitrogens with one attached hydrogen (secondary N) is 1. The van der Waals surface area contributed by atoms with E-state index in [0.29, 0.717) is 29.9 Å². The molecule has 0 aliphatic heterocycles. The van der Waals surface area contributed by atoms with Crippen LogP contribution in [-0.4, -0.2) is 27.4 Å². The summed E-state index contributed by atoms with van der Waals surface area (Å²) in [6.45, 7) is 0.558. The van der Waals surface area contributed by atoms with Crippen LogP contribution in [0.5, 0.6) is 0 Å². The number of carbonyl (C=O) groups excluding carboxylic acids is 1. The van der Waals surface area contributed by atoms with Crippen molar-refractivity contribution in [1.29, 1.82) is 0 Å². The molecule has 1 heterocycles. The van der Waals surface area contributed by atoms with Crippen molar-refractivity contribution in [3.8, 4) is 0 Å². The van der Waals surface area contributed by atoms with Gasteiger partial charge in [0, 0.05) is 18.7 Å². The number of aliphatic hydroxyl groups excluding tert-OH is 1. The van der Waals surface area contributed by atoms with E-state index < -0.39 is 5.50 Å². The molecule has 1 atom stereocenters. The van der Waals surface area contributed by atoms with Crippen molar-refractivity contribution in [2.75, 3.05) is 12.3 Å². The number of rotatable bonds is 6. The largest absolute Gasteiger partial charge is 0.396 e. The van der Waals surface area contributed by atoms with Crippen molar-refractivity contribution >= 4 is 23.3 Å². The Balaban J connectivity index is 2.05. The second-order valence-corrected chi connectivity index (χ2v) is 4.92. The fraction of sp³-hybridized carbons (Fsp3) is 0.286. The zero-order valence-electron chi connectivity index (χ0n) is 11.4. The highest BCUT2D eigenvalue weighted by atomic mass is 35.5. The summed E-state index contributed by atoms with van der Waals surface area (Å²) in [4.78, 5) is 12.0. The lowest BCUT2D eigenvalue weighted by atomic mass is 10.2. The number of nitrogen functional groups attached to an aromatic ring is 1. The molecule has 21 heavy (non-hydrogen) atoms. The number of aryl methyl sites for hydroxylation is 1. The van der Waals surface area contributed by atoms with Crippen LogP contribution in [0.3, 0.4) is 0 Å². The number of nitrogens with two attached hydrogens (primary N) is 1. The number of nitrogens with zero attached hydrogens (tertiary/aromatic N) is 2. The van der Waals surface area contributed by atoms with E-state index in [2.05, 4.69) is 10.4 Å². The van der Waals surface area contributed by atoms with Gasteiger partial charge in [-0.3, -0.25) is 4.79 Å². The fourth-order valence-corrected chi connectivity index (χ4v) is 2.14. The summed E-state index contributed by atoms with van der Waals surface area (Å²) in [5.41, 5.74) is 6.24. The summed E-state index contributed by atoms with van der Waals surface area (Å²) in [5, 5.41) is 15.6. The number of hydrogen-bond donors (Lipinski definition) is 3. The molecule has 6 nitrogen and oxygen atoms in total. The number of hydrogen-bond acceptors (Lipinski definition) is 4. The molecule has 0 aliphatic carbocycles. The van der Waals surface area contributed by atoms with Crippen molar-refractivity contribution in [1.82, 2.24) is 15.1 Å². The smallest absolute Gasteiger partial charge is 0.252 e. The van der Waals surface area contributed by atoms with E-state index in [9.17, 15) is 4.79 Å². The molecule has 0 radical (unpaired) electrons. The van der Waals surface area contributed by atoms with Crippen molar-refractivity contribution in [3.63, 3.8) is 0 Å². The second-order valence-electron chi connectivity index (χ2n) is 4.49. The molecule has 1 unspecified atom stereocenters. The summed E-state index contributed by atoms with van der Waals surface area (Å²) in [5.74, 6) is 0.106. The Morgan fingerprint density at radius 3 is 2.81 bits per heavy atom. The first-order chi connectivity index (χ1) is 10.1. The van der Waals surface area contributed by atoms with E-state index in [4.69, 9.17) is 22.4 Å². The SMILES string of the molecule is Nc1c(C(Cl)NC(=O)c2ccccc2)cnn1CCCO. The predicted molar refractivity (Wildman–Crippen MR) is 80.8 cm³/mol. The Morgan fingerprint density at radius 2 is 2.14 bits per heavy atom. The number of alkyl halides is 1. The predicted octanol–water partition coefficient (Wildman–Crippen LogP) is 1.52. The van der Waals surface area contributed by atoms with Crippen LogP contribution in [0.1, 0.15) is 27.8 Å². The van der Waals surface area contributed by atoms with Gasteiger partial charge in [-0.15, -0.1) is 0 Å². The van der Waals surface area contributed by atoms with Crippen LogP contribution in [-0.2, 0) is 6.54 Å². The van der Waals surface area contributed by atoms with Gasteiger partial charge in [-0.05, 0) is 18.6 Å². The van der Waals surface area contributed by atoms with Crippen molar-refractivity contribution in [2.24, 2.45) is 0 Å². The number of carbonyl (C=O) groups is 1. The van der Waals surface area contributed by atoms with Crippen LogP contribution in [0.15, 0.2) is 36.5 Å². The van der Waals surface area contributed by atoms with E-state index in [1.165, 1.54) is 6.20 Å². The van der Waals surface area contributed by atoms with Crippen LogP contribution in [0.4, 0.5) is 5.82 Å². The van der Waals surface area contributed by atoms with Crippen molar-refractivity contribution < 1.29 is 9.90 Å². The first kappa shape index (κ1) is 15.3. The topological polar surface area (TPSA) is 93.2 Å². The molecule has 1 amide bonds. The van der Waals surface area contributed by atoms with Gasteiger partial charge in [0.1, 0.15) is 11.3 Å². The Morgan fingerprint density at radius 1 is 1.43 bits per heavy atom. The maximum atomic E-state index is 12.0. The number of amides is 1. The van der Waals surface area contributed by atoms with E-state index in [1.807, 2.05) is 6.07 Å². The molecule has 0 saturated carbocycles. The molecule has 7 heteroatoms. The van der Waals surface area contributed by atoms with Gasteiger partial charge in [-0.25, -0.2) is 4.68 Å². The van der Waals surface area contributed by atoms with E-state index in [0.717, 1.165) is 0 Å². The lowest BCUT2D eigenvalue weighted by Crippen LogP contribution is -2.25. The van der Waals surface area contributed by atoms with Gasteiger partial charge >= 0.3 is 0 Å². The zero-order chi connectivity index (χ0) is 15.2. The minimum Gasteiger partial charge on any atom is -0.396 e. The van der Waals surface area contributed by atoms with Gasteiger partial charge in [0.25, 0.3) is 5.91 Å². The lowest BCUT2D eigenvalue weighted by molar-refractivity contribution is 0.0949. The molecule has 0 bridgehead atoms. The van der Waals surface area contributed by atoms with Crippen molar-refractivity contribution in [2.45, 2.75) is 18.5 Å². The summed E-state index contributed by atoms with van der Waals surface area (Å²) < 4.78 is 1.55. The third-order valence-electron chi connectivity index (χ3n) is 3.00. The molecule has 1 aromatic carbocycles. The van der Waals surface area contributed by atoms with Gasteiger partial charge in [0.05, 0.1) is 11.8 Å². The molecule has 0 aliphatic rings. The molecule has 0 saturated heterocycles. The lowest BCUT2D eigenvalue weighted by Gasteiger charge is -2.12. The normalized spacial score (nSPS) is 12.1. The quantitative estimate of drug-likeness (QED) is 0.557. The van der Waals surface area contributed by atoms with Crippen LogP contribution >= 0.6 is 11.6 Å². The first-order valence-corrected chi connectivity index (χ1v) is 6.99. The zero-order valence-corrected chi connectivity index (χ0v) is 12.1. The Bertz CT molecular complexity index is 600. The molecule has 2 rings (SSSR count). The molecule has 2 aromatic rings. The maximum Gasteiger partial charge on any atom is 0.252 e. The minimum absolute atomic E-state index is 0.0592. The monoisotopic (exact) mass is 308 g/mol. The Hall–Kier alpha value is -2.05. The number of anilines is 1. The van der Waals surface area contributed by atoms with E-state index >= 15 is 0 Å². The fourth-order valence-electron chi connectivity index (χ4n) is 1.87. The number of benzene rings is 1. The van der Waals surface area contributed by atoms with E-state index in [1.54, 1.807) is 28.9 Å². The molecule has 0 spiro atoms. The third kappa shape index (κ3) is 3.74. The number of aromatic nitrogens is 2. The number of halogens is 1. The van der Waals surface area contributed by atoms with Gasteiger partial charge in [0.2, 0.25) is 0 Å². The average Bonchev–Trinajstić information content (AvgIpc) is 2.87. The highest BCUT2D eigenvalue weighted by Gasteiger charge is 2.18. The Labute approximate surface area is 127 Å². The van der Waals surface area contributed by atoms with E-state index in [-0.39, 0.29) is 12.5 Å². The Kier molecular flexibility index (Phi) is 5.19. The summed E-state index contributed by atoms with van der Waals surface area (Å²) in [6, 6.07) is 8.79. The highest BCUT2D eigenvalue weighted by molar-refractivity contribution is 6.22. The van der Waals surface area contributed by atoms with Gasteiger partial charge in [-0.1, -0.05) is 29.8 Å². The summed E-state index contributed by atoms with van der Waals surface area (Å²) in [7, 11) is 0. The van der Waals surface area contributed by atoms with Gasteiger partial charge in [0.15, 0.2) is 0 Å². The molecular formula is C14H17ClN4O2. The number of aliphatic hydroxyl groups is 1. The highest BCUT2D eigenvalue weighted by Crippen LogP contribution is 2.24. The van der Waals surface area contributed by atoms with Crippen LogP contribution < -0.4 is 11.1 Å². The minimum atomic E-state index is -0.763. The third-order valence-corrected chi connectivity index (χ3v) is 3.35. The molecule has 1 aromatic heterocycles. The average molecular weight is 309 g/mol. The molecular weight excluding hydrogens is 292 g/mol. The van der Waals surface area contributed by atoms with Gasteiger partial charge in [-0.2, -0.15) is 5.10 Å². The maximum absolute atomic E-state index is 12.0. The summed E-state index contributed by atoms with van der Waals surface area (Å²) in [6.07, 6.45) is 2.07. The molecule has 0 fully saturated rings. The second kappa shape index (κ2) is 7.10. The molecule has 112 valence electrons. The van der Waals surface area contributed by atoms with Crippen LogP contribution in [0, 0.1) is 0 Å². The standard InChI is InChI=1S/C14H17ClN4O2/c15-12(18-14(21)10-5-2-1-3-6-10)11-9-17-19(13(11)16)7-4-8-20/h1-3,5-6,9,12,20H,4,7-8,16H2,(H,18,21). The van der Waals surface area contributed by atoms with Gasteiger partial charge < -0.3 is 16.2 Å². The van der Waals surface area contributed by atoms with Crippen LogP contribution in [0.25, 0.3) is 0 Å². The molecule has 4 N–H and O–H groups in total. The van der Waals surface area contributed by atoms with Crippen LogP contribution in [0.2, 0.25) is 0 Å².